The number of sulfonamides is 1. The van der Waals surface area contributed by atoms with Crippen LogP contribution < -0.4 is 10.5 Å². The molecule has 0 unspecified atom stereocenters. The normalized spacial score (nSPS) is 15.4. The molecule has 2 amide bonds. The number of aryl methyl sites for hydroxylation is 1. The second kappa shape index (κ2) is 7.77. The highest BCUT2D eigenvalue weighted by Crippen LogP contribution is 2.48. The number of hydrogen-bond donors (Lipinski definition) is 2. The van der Waals surface area contributed by atoms with E-state index in [4.69, 9.17) is 33.7 Å². The predicted molar refractivity (Wildman–Crippen MR) is 121 cm³/mol. The Morgan fingerprint density at radius 2 is 1.75 bits per heavy atom. The maximum atomic E-state index is 12.5. The van der Waals surface area contributed by atoms with E-state index in [-0.39, 0.29) is 23.8 Å². The number of rotatable bonds is 5. The third kappa shape index (κ3) is 3.36. The topological polar surface area (TPSA) is 120 Å². The quantitative estimate of drug-likeness (QED) is 0.563. The van der Waals surface area contributed by atoms with Crippen molar-refractivity contribution in [3.8, 4) is 0 Å². The lowest BCUT2D eigenvalue weighted by Gasteiger charge is -2.43. The van der Waals surface area contributed by atoms with E-state index in [1.807, 2.05) is 4.72 Å². The number of aromatic nitrogens is 1. The smallest absolute Gasteiger partial charge is 0.265 e. The standard InChI is InChI=1S/C21H19Cl2N3O5S/c1-11(27)25-32(29,30)13-5-3-12(4-6-13)21(9-31-10-21)17-16-15(8-7-14(22)18(16)23)26(2)19(17)20(24)28/h3-8H,9-10H2,1-2H3,(H2,24,28)(H,25,27). The van der Waals surface area contributed by atoms with Crippen LogP contribution in [0.4, 0.5) is 0 Å². The van der Waals surface area contributed by atoms with Gasteiger partial charge in [-0.2, -0.15) is 0 Å². The molecule has 2 aromatic carbocycles. The Morgan fingerprint density at radius 1 is 1.12 bits per heavy atom. The van der Waals surface area contributed by atoms with Crippen molar-refractivity contribution in [2.75, 3.05) is 13.2 Å². The first-order valence-corrected chi connectivity index (χ1v) is 11.7. The Kier molecular flexibility index (Phi) is 5.49. The number of carbonyl (C=O) groups excluding carboxylic acids is 2. The minimum absolute atomic E-state index is 0.0686. The Morgan fingerprint density at radius 3 is 2.25 bits per heavy atom. The average Bonchev–Trinajstić information content (AvgIpc) is 2.97. The molecule has 168 valence electrons. The molecule has 3 aromatic rings. The summed E-state index contributed by atoms with van der Waals surface area (Å²) in [6, 6.07) is 9.44. The molecule has 1 aromatic heterocycles. The molecule has 32 heavy (non-hydrogen) atoms. The van der Waals surface area contributed by atoms with E-state index in [0.29, 0.717) is 32.1 Å². The van der Waals surface area contributed by atoms with Gasteiger partial charge in [-0.25, -0.2) is 13.1 Å². The summed E-state index contributed by atoms with van der Waals surface area (Å²) < 4.78 is 33.8. The van der Waals surface area contributed by atoms with Crippen LogP contribution in [0.25, 0.3) is 10.9 Å². The highest BCUT2D eigenvalue weighted by Gasteiger charge is 2.47. The molecule has 0 radical (unpaired) electrons. The predicted octanol–water partition coefficient (Wildman–Crippen LogP) is 2.73. The van der Waals surface area contributed by atoms with Crippen molar-refractivity contribution in [2.45, 2.75) is 17.2 Å². The van der Waals surface area contributed by atoms with Crippen LogP contribution in [0.3, 0.4) is 0 Å². The van der Waals surface area contributed by atoms with E-state index >= 15 is 0 Å². The Balaban J connectivity index is 1.95. The molecule has 8 nitrogen and oxygen atoms in total. The summed E-state index contributed by atoms with van der Waals surface area (Å²) in [6.07, 6.45) is 0. The molecule has 0 saturated carbocycles. The lowest BCUT2D eigenvalue weighted by atomic mass is 9.71. The molecule has 0 aliphatic carbocycles. The minimum atomic E-state index is -3.99. The number of nitrogens with zero attached hydrogens (tertiary/aromatic N) is 1. The maximum absolute atomic E-state index is 12.5. The van der Waals surface area contributed by atoms with Crippen LogP contribution in [-0.2, 0) is 32.0 Å². The van der Waals surface area contributed by atoms with Gasteiger partial charge < -0.3 is 15.0 Å². The van der Waals surface area contributed by atoms with E-state index in [9.17, 15) is 18.0 Å². The first-order chi connectivity index (χ1) is 15.0. The molecule has 3 N–H and O–H groups in total. The van der Waals surface area contributed by atoms with Gasteiger partial charge in [0, 0.05) is 24.9 Å². The van der Waals surface area contributed by atoms with Crippen molar-refractivity contribution < 1.29 is 22.7 Å². The van der Waals surface area contributed by atoms with Crippen LogP contribution >= 0.6 is 23.2 Å². The van der Waals surface area contributed by atoms with Crippen LogP contribution in [0.15, 0.2) is 41.3 Å². The Bertz CT molecular complexity index is 1380. The first-order valence-electron chi connectivity index (χ1n) is 9.48. The van der Waals surface area contributed by atoms with E-state index in [0.717, 1.165) is 6.92 Å². The summed E-state index contributed by atoms with van der Waals surface area (Å²) in [7, 11) is -2.27. The van der Waals surface area contributed by atoms with Crippen LogP contribution in [0.1, 0.15) is 28.5 Å². The van der Waals surface area contributed by atoms with Gasteiger partial charge in [0.2, 0.25) is 5.91 Å². The van der Waals surface area contributed by atoms with Gasteiger partial charge in [-0.1, -0.05) is 35.3 Å². The van der Waals surface area contributed by atoms with Crippen molar-refractivity contribution in [1.82, 2.24) is 9.29 Å². The summed E-state index contributed by atoms with van der Waals surface area (Å²) in [5, 5.41) is 1.21. The molecule has 0 bridgehead atoms. The highest BCUT2D eigenvalue weighted by molar-refractivity contribution is 7.90. The van der Waals surface area contributed by atoms with Crippen molar-refractivity contribution in [3.05, 3.63) is 63.3 Å². The molecule has 4 rings (SSSR count). The van der Waals surface area contributed by atoms with Crippen molar-refractivity contribution >= 4 is 55.9 Å². The van der Waals surface area contributed by atoms with Gasteiger partial charge in [0.25, 0.3) is 15.9 Å². The lowest BCUT2D eigenvalue weighted by Crippen LogP contribution is -2.48. The van der Waals surface area contributed by atoms with Gasteiger partial charge in [0.15, 0.2) is 0 Å². The van der Waals surface area contributed by atoms with Crippen LogP contribution in [0.5, 0.6) is 0 Å². The van der Waals surface area contributed by atoms with Crippen LogP contribution in [0, 0.1) is 0 Å². The number of primary amides is 1. The number of benzene rings is 2. The van der Waals surface area contributed by atoms with Crippen molar-refractivity contribution in [2.24, 2.45) is 12.8 Å². The highest BCUT2D eigenvalue weighted by atomic mass is 35.5. The van der Waals surface area contributed by atoms with E-state index in [2.05, 4.69) is 0 Å². The molecule has 1 fully saturated rings. The fourth-order valence-electron chi connectivity index (χ4n) is 4.18. The zero-order chi connectivity index (χ0) is 23.4. The number of halogens is 2. The third-order valence-corrected chi connectivity index (χ3v) is 7.91. The Hall–Kier alpha value is -2.59. The van der Waals surface area contributed by atoms with E-state index < -0.39 is 27.3 Å². The number of nitrogens with two attached hydrogens (primary N) is 1. The first kappa shape index (κ1) is 22.6. The molecule has 0 atom stereocenters. The van der Waals surface area contributed by atoms with Gasteiger partial charge in [-0.05, 0) is 29.8 Å². The van der Waals surface area contributed by atoms with Crippen molar-refractivity contribution in [3.63, 3.8) is 0 Å². The lowest BCUT2D eigenvalue weighted by molar-refractivity contribution is -0.117. The van der Waals surface area contributed by atoms with Gasteiger partial charge in [-0.3, -0.25) is 9.59 Å². The zero-order valence-electron chi connectivity index (χ0n) is 17.1. The molecule has 1 aliphatic rings. The maximum Gasteiger partial charge on any atom is 0.265 e. The third-order valence-electron chi connectivity index (χ3n) is 5.66. The van der Waals surface area contributed by atoms with E-state index in [1.54, 1.807) is 35.9 Å². The molecule has 0 spiro atoms. The number of fused-ring (bicyclic) bond motifs is 1. The van der Waals surface area contributed by atoms with Gasteiger partial charge in [0.1, 0.15) is 5.69 Å². The average molecular weight is 496 g/mol. The monoisotopic (exact) mass is 495 g/mol. The summed E-state index contributed by atoms with van der Waals surface area (Å²) in [6.45, 7) is 1.58. The van der Waals surface area contributed by atoms with Gasteiger partial charge in [0.05, 0.1) is 39.1 Å². The molecule has 2 heterocycles. The number of nitrogens with one attached hydrogen (secondary N) is 1. The summed E-state index contributed by atoms with van der Waals surface area (Å²) in [5.41, 5.74) is 7.19. The largest absolute Gasteiger partial charge is 0.379 e. The Labute approximate surface area is 194 Å². The van der Waals surface area contributed by atoms with Gasteiger partial charge in [-0.15, -0.1) is 0 Å². The molecular weight excluding hydrogens is 477 g/mol. The summed E-state index contributed by atoms with van der Waals surface area (Å²) in [4.78, 5) is 23.6. The van der Waals surface area contributed by atoms with Gasteiger partial charge >= 0.3 is 0 Å². The number of ether oxygens (including phenoxy) is 1. The number of hydrogen-bond acceptors (Lipinski definition) is 5. The minimum Gasteiger partial charge on any atom is -0.379 e. The molecule has 1 aliphatic heterocycles. The SMILES string of the molecule is CC(=O)NS(=O)(=O)c1ccc(C2(c3c(C(N)=O)n(C)c4ccc(Cl)c(Cl)c34)COC2)cc1. The fraction of sp³-hybridized carbons (Fsp3) is 0.238. The zero-order valence-corrected chi connectivity index (χ0v) is 19.4. The van der Waals surface area contributed by atoms with Crippen LogP contribution in [-0.4, -0.2) is 38.0 Å². The summed E-state index contributed by atoms with van der Waals surface area (Å²) >= 11 is 12.9. The molecule has 1 saturated heterocycles. The number of carbonyl (C=O) groups is 2. The van der Waals surface area contributed by atoms with E-state index in [1.165, 1.54) is 12.1 Å². The number of amides is 2. The van der Waals surface area contributed by atoms with Crippen molar-refractivity contribution in [1.29, 1.82) is 0 Å². The fourth-order valence-corrected chi connectivity index (χ4v) is 5.58. The molecular formula is C21H19Cl2N3O5S. The second-order valence-corrected chi connectivity index (χ2v) is 10.1. The second-order valence-electron chi connectivity index (χ2n) is 7.66. The summed E-state index contributed by atoms with van der Waals surface area (Å²) in [5.74, 6) is -1.33. The molecule has 11 heteroatoms. The van der Waals surface area contributed by atoms with Crippen LogP contribution in [0.2, 0.25) is 10.0 Å².